The Morgan fingerprint density at radius 3 is 2.77 bits per heavy atom. The van der Waals surface area contributed by atoms with E-state index in [2.05, 4.69) is 0 Å². The highest BCUT2D eigenvalue weighted by Crippen LogP contribution is 2.40. The highest BCUT2D eigenvalue weighted by Gasteiger charge is 2.43. The molecule has 1 saturated carbocycles. The Labute approximate surface area is 77.1 Å². The fraction of sp³-hybridized carbons (Fsp3) is 0.889. The number of alkyl halides is 2. The maximum absolute atomic E-state index is 13.1. The summed E-state index contributed by atoms with van der Waals surface area (Å²) in [6, 6.07) is 1.95. The molecule has 0 saturated heterocycles. The summed E-state index contributed by atoms with van der Waals surface area (Å²) in [5.41, 5.74) is 0. The Kier molecular flexibility index (Phi) is 3.21. The van der Waals surface area contributed by atoms with Crippen molar-refractivity contribution in [3.05, 3.63) is 0 Å². The van der Waals surface area contributed by atoms with Crippen LogP contribution in [-0.2, 0) is 0 Å². The van der Waals surface area contributed by atoms with Crippen LogP contribution in [0.25, 0.3) is 0 Å². The van der Waals surface area contributed by atoms with Crippen LogP contribution in [0.4, 0.5) is 8.78 Å². The highest BCUT2D eigenvalue weighted by atomic mass is 19.3. The molecule has 0 aromatic heterocycles. The second-order valence-electron chi connectivity index (χ2n) is 3.71. The van der Waals surface area contributed by atoms with Crippen molar-refractivity contribution in [2.24, 2.45) is 5.92 Å². The van der Waals surface area contributed by atoms with Crippen LogP contribution in [0.3, 0.4) is 0 Å². The second-order valence-corrected chi connectivity index (χ2v) is 3.71. The summed E-state index contributed by atoms with van der Waals surface area (Å²) < 4.78 is 26.2. The molecular formula is C9H14F2N2. The molecule has 1 aliphatic rings. The summed E-state index contributed by atoms with van der Waals surface area (Å²) >= 11 is 0. The van der Waals surface area contributed by atoms with Gasteiger partial charge in [-0.05, 0) is 19.9 Å². The van der Waals surface area contributed by atoms with E-state index in [1.54, 1.807) is 11.9 Å². The van der Waals surface area contributed by atoms with E-state index in [0.29, 0.717) is 19.4 Å². The number of hydrogen-bond acceptors (Lipinski definition) is 2. The van der Waals surface area contributed by atoms with Gasteiger partial charge in [0.15, 0.2) is 0 Å². The van der Waals surface area contributed by atoms with Gasteiger partial charge in [0.05, 0.1) is 12.6 Å². The first kappa shape index (κ1) is 10.4. The molecular weight excluding hydrogens is 174 g/mol. The average Bonchev–Trinajstić information content (AvgIpc) is 2.31. The van der Waals surface area contributed by atoms with Crippen molar-refractivity contribution in [2.45, 2.75) is 25.2 Å². The number of nitrogens with zero attached hydrogens (tertiary/aromatic N) is 2. The average molecular weight is 188 g/mol. The monoisotopic (exact) mass is 188 g/mol. The van der Waals surface area contributed by atoms with Crippen molar-refractivity contribution in [3.63, 3.8) is 0 Å². The molecule has 1 rings (SSSR count). The zero-order chi connectivity index (χ0) is 9.90. The molecule has 1 aliphatic carbocycles. The van der Waals surface area contributed by atoms with Gasteiger partial charge in [-0.25, -0.2) is 8.78 Å². The fourth-order valence-electron chi connectivity index (χ4n) is 1.79. The molecule has 13 heavy (non-hydrogen) atoms. The maximum Gasteiger partial charge on any atom is 0.252 e. The Hall–Kier alpha value is -0.690. The number of nitriles is 1. The molecule has 0 aliphatic heterocycles. The Balaban J connectivity index is 2.41. The van der Waals surface area contributed by atoms with Crippen molar-refractivity contribution in [3.8, 4) is 6.07 Å². The summed E-state index contributed by atoms with van der Waals surface area (Å²) in [4.78, 5) is 1.66. The minimum Gasteiger partial charge on any atom is -0.293 e. The van der Waals surface area contributed by atoms with Crippen molar-refractivity contribution in [1.82, 2.24) is 4.90 Å². The SMILES string of the molecule is CN(CC#N)CC1CCCC1(F)F. The van der Waals surface area contributed by atoms with E-state index >= 15 is 0 Å². The summed E-state index contributed by atoms with van der Waals surface area (Å²) in [5, 5.41) is 8.36. The van der Waals surface area contributed by atoms with Gasteiger partial charge in [-0.2, -0.15) is 5.26 Å². The highest BCUT2D eigenvalue weighted by molar-refractivity contribution is 4.87. The second kappa shape index (κ2) is 4.01. The number of hydrogen-bond donors (Lipinski definition) is 0. The van der Waals surface area contributed by atoms with Crippen molar-refractivity contribution in [1.29, 1.82) is 5.26 Å². The standard InChI is InChI=1S/C9H14F2N2/c1-13(6-5-12)7-8-3-2-4-9(8,10)11/h8H,2-4,6-7H2,1H3. The van der Waals surface area contributed by atoms with E-state index in [4.69, 9.17) is 5.26 Å². The zero-order valence-electron chi connectivity index (χ0n) is 7.76. The van der Waals surface area contributed by atoms with Crippen molar-refractivity contribution < 1.29 is 8.78 Å². The number of rotatable bonds is 3. The van der Waals surface area contributed by atoms with Crippen LogP contribution in [0, 0.1) is 17.2 Å². The van der Waals surface area contributed by atoms with Gasteiger partial charge in [-0.3, -0.25) is 4.90 Å². The van der Waals surface area contributed by atoms with E-state index in [0.717, 1.165) is 0 Å². The molecule has 1 unspecified atom stereocenters. The lowest BCUT2D eigenvalue weighted by molar-refractivity contribution is -0.0444. The van der Waals surface area contributed by atoms with Crippen LogP contribution < -0.4 is 0 Å². The van der Waals surface area contributed by atoms with Crippen LogP contribution in [0.2, 0.25) is 0 Å². The molecule has 0 N–H and O–H groups in total. The van der Waals surface area contributed by atoms with Crippen LogP contribution in [0.15, 0.2) is 0 Å². The van der Waals surface area contributed by atoms with Gasteiger partial charge in [0.2, 0.25) is 0 Å². The molecule has 0 amide bonds. The van der Waals surface area contributed by atoms with Gasteiger partial charge < -0.3 is 0 Å². The Morgan fingerprint density at radius 1 is 1.62 bits per heavy atom. The zero-order valence-corrected chi connectivity index (χ0v) is 7.76. The molecule has 0 radical (unpaired) electrons. The van der Waals surface area contributed by atoms with Gasteiger partial charge in [0, 0.05) is 18.9 Å². The predicted octanol–water partition coefficient (Wildman–Crippen LogP) is 1.88. The van der Waals surface area contributed by atoms with Crippen molar-refractivity contribution >= 4 is 0 Å². The molecule has 2 nitrogen and oxygen atoms in total. The van der Waals surface area contributed by atoms with E-state index in [1.807, 2.05) is 6.07 Å². The molecule has 0 heterocycles. The quantitative estimate of drug-likeness (QED) is 0.632. The smallest absolute Gasteiger partial charge is 0.252 e. The van der Waals surface area contributed by atoms with E-state index in [-0.39, 0.29) is 13.0 Å². The molecule has 0 spiro atoms. The lowest BCUT2D eigenvalue weighted by atomic mass is 10.1. The van der Waals surface area contributed by atoms with Crippen LogP contribution >= 0.6 is 0 Å². The molecule has 1 fully saturated rings. The van der Waals surface area contributed by atoms with E-state index in [1.165, 1.54) is 0 Å². The first-order valence-electron chi connectivity index (χ1n) is 4.49. The molecule has 1 atom stereocenters. The summed E-state index contributed by atoms with van der Waals surface area (Å²) in [5.74, 6) is -3.06. The maximum atomic E-state index is 13.1. The minimum absolute atomic E-state index is 0.0120. The largest absolute Gasteiger partial charge is 0.293 e. The van der Waals surface area contributed by atoms with Crippen LogP contribution in [0.5, 0.6) is 0 Å². The first-order valence-corrected chi connectivity index (χ1v) is 4.49. The first-order chi connectivity index (χ1) is 6.06. The lowest BCUT2D eigenvalue weighted by Crippen LogP contribution is -2.33. The normalized spacial score (nSPS) is 26.2. The van der Waals surface area contributed by atoms with Gasteiger partial charge in [0.1, 0.15) is 0 Å². The van der Waals surface area contributed by atoms with Crippen LogP contribution in [0.1, 0.15) is 19.3 Å². The summed E-state index contributed by atoms with van der Waals surface area (Å²) in [7, 11) is 1.71. The summed E-state index contributed by atoms with van der Waals surface area (Å²) in [6.45, 7) is 0.563. The molecule has 4 heteroatoms. The molecule has 0 bridgehead atoms. The lowest BCUT2D eigenvalue weighted by Gasteiger charge is -2.23. The van der Waals surface area contributed by atoms with Gasteiger partial charge in [-0.15, -0.1) is 0 Å². The van der Waals surface area contributed by atoms with E-state index < -0.39 is 11.8 Å². The third-order valence-corrected chi connectivity index (χ3v) is 2.53. The minimum atomic E-state index is -2.51. The molecule has 74 valence electrons. The van der Waals surface area contributed by atoms with Gasteiger partial charge in [0.25, 0.3) is 5.92 Å². The Morgan fingerprint density at radius 2 is 2.31 bits per heavy atom. The van der Waals surface area contributed by atoms with Gasteiger partial charge >= 0.3 is 0 Å². The van der Waals surface area contributed by atoms with Crippen molar-refractivity contribution in [2.75, 3.05) is 20.1 Å². The van der Waals surface area contributed by atoms with Crippen LogP contribution in [-0.4, -0.2) is 31.0 Å². The third kappa shape index (κ3) is 2.63. The number of halogens is 2. The topological polar surface area (TPSA) is 27.0 Å². The molecule has 0 aromatic rings. The van der Waals surface area contributed by atoms with Gasteiger partial charge in [-0.1, -0.05) is 0 Å². The summed E-state index contributed by atoms with van der Waals surface area (Å²) in [6.07, 6.45) is 1.21. The Bertz CT molecular complexity index is 210. The molecule has 0 aromatic carbocycles. The third-order valence-electron chi connectivity index (χ3n) is 2.53. The van der Waals surface area contributed by atoms with E-state index in [9.17, 15) is 8.78 Å². The predicted molar refractivity (Wildman–Crippen MR) is 45.4 cm³/mol. The fourth-order valence-corrected chi connectivity index (χ4v) is 1.79.